The summed E-state index contributed by atoms with van der Waals surface area (Å²) in [6.07, 6.45) is 3.25. The molecule has 0 spiro atoms. The van der Waals surface area contributed by atoms with E-state index in [1.807, 2.05) is 23.1 Å². The van der Waals surface area contributed by atoms with E-state index in [1.54, 1.807) is 17.5 Å². The zero-order valence-electron chi connectivity index (χ0n) is 11.2. The summed E-state index contributed by atoms with van der Waals surface area (Å²) < 4.78 is 0. The number of carbonyl (C=O) groups excluding carboxylic acids is 1. The van der Waals surface area contributed by atoms with Gasteiger partial charge in [0, 0.05) is 37.1 Å². The van der Waals surface area contributed by atoms with Gasteiger partial charge >= 0.3 is 0 Å². The number of thiophene rings is 1. The third-order valence-electron chi connectivity index (χ3n) is 3.47. The molecule has 20 heavy (non-hydrogen) atoms. The van der Waals surface area contributed by atoms with Crippen molar-refractivity contribution in [1.82, 2.24) is 9.88 Å². The van der Waals surface area contributed by atoms with E-state index in [1.165, 1.54) is 10.4 Å². The largest absolute Gasteiger partial charge is 0.370 e. The normalized spacial score (nSPS) is 13.9. The van der Waals surface area contributed by atoms with Crippen LogP contribution in [0.15, 0.2) is 35.8 Å². The van der Waals surface area contributed by atoms with E-state index in [4.69, 9.17) is 0 Å². The maximum Gasteiger partial charge on any atom is 0.224 e. The van der Waals surface area contributed by atoms with Crippen molar-refractivity contribution < 1.29 is 4.79 Å². The Hall–Kier alpha value is -1.88. The topological polar surface area (TPSA) is 45.2 Å². The van der Waals surface area contributed by atoms with Gasteiger partial charge in [0.2, 0.25) is 5.91 Å². The second-order valence-corrected chi connectivity index (χ2v) is 5.83. The smallest absolute Gasteiger partial charge is 0.224 e. The van der Waals surface area contributed by atoms with Gasteiger partial charge in [-0.3, -0.25) is 4.79 Å². The minimum atomic E-state index is 0.213. The number of hydrogen-bond acceptors (Lipinski definition) is 4. The maximum atomic E-state index is 12.2. The van der Waals surface area contributed by atoms with Gasteiger partial charge in [-0.05, 0) is 35.6 Å². The Labute approximate surface area is 122 Å². The molecule has 0 unspecified atom stereocenters. The Morgan fingerprint density at radius 3 is 3.20 bits per heavy atom. The minimum absolute atomic E-state index is 0.213. The van der Waals surface area contributed by atoms with E-state index in [-0.39, 0.29) is 5.91 Å². The van der Waals surface area contributed by atoms with E-state index in [0.29, 0.717) is 13.0 Å². The van der Waals surface area contributed by atoms with Crippen LogP contribution in [-0.4, -0.2) is 28.9 Å². The molecule has 0 radical (unpaired) electrons. The standard InChI is InChI=1S/C15H17N3OS/c19-15(4-8-17-14-3-1-2-7-16-14)18-9-5-13-12(11-18)6-10-20-13/h1-3,6-7,10H,4-5,8-9,11H2,(H,16,17). The van der Waals surface area contributed by atoms with Gasteiger partial charge in [-0.15, -0.1) is 11.3 Å². The first-order valence-electron chi connectivity index (χ1n) is 6.81. The van der Waals surface area contributed by atoms with Crippen LogP contribution in [0.2, 0.25) is 0 Å². The Kier molecular flexibility index (Phi) is 3.97. The van der Waals surface area contributed by atoms with Crippen molar-refractivity contribution in [1.29, 1.82) is 0 Å². The summed E-state index contributed by atoms with van der Waals surface area (Å²) >= 11 is 1.80. The monoisotopic (exact) mass is 287 g/mol. The lowest BCUT2D eigenvalue weighted by Gasteiger charge is -2.27. The second-order valence-electron chi connectivity index (χ2n) is 4.83. The van der Waals surface area contributed by atoms with Crippen LogP contribution < -0.4 is 5.32 Å². The number of nitrogens with one attached hydrogen (secondary N) is 1. The van der Waals surface area contributed by atoms with E-state index < -0.39 is 0 Å². The number of pyridine rings is 1. The molecule has 3 rings (SSSR count). The fourth-order valence-electron chi connectivity index (χ4n) is 2.38. The van der Waals surface area contributed by atoms with Gasteiger partial charge in [0.05, 0.1) is 0 Å². The molecule has 0 saturated carbocycles. The number of carbonyl (C=O) groups is 1. The quantitative estimate of drug-likeness (QED) is 0.940. The molecule has 1 aliphatic rings. The first-order chi connectivity index (χ1) is 9.83. The molecule has 1 amide bonds. The van der Waals surface area contributed by atoms with Crippen LogP contribution in [0.5, 0.6) is 0 Å². The van der Waals surface area contributed by atoms with Crippen molar-refractivity contribution in [3.8, 4) is 0 Å². The molecular formula is C15H17N3OS. The van der Waals surface area contributed by atoms with Crippen molar-refractivity contribution in [2.45, 2.75) is 19.4 Å². The molecule has 0 aromatic carbocycles. The SMILES string of the molecule is O=C(CCNc1ccccn1)N1CCc2sccc2C1. The van der Waals surface area contributed by atoms with Crippen molar-refractivity contribution in [2.24, 2.45) is 0 Å². The van der Waals surface area contributed by atoms with Crippen LogP contribution in [0.25, 0.3) is 0 Å². The van der Waals surface area contributed by atoms with Crippen LogP contribution >= 0.6 is 11.3 Å². The van der Waals surface area contributed by atoms with Gasteiger partial charge in [-0.25, -0.2) is 4.98 Å². The Bertz CT molecular complexity index is 582. The fraction of sp³-hybridized carbons (Fsp3) is 0.333. The number of rotatable bonds is 4. The molecule has 104 valence electrons. The Morgan fingerprint density at radius 2 is 2.35 bits per heavy atom. The van der Waals surface area contributed by atoms with Gasteiger partial charge in [0.15, 0.2) is 0 Å². The molecule has 2 aromatic heterocycles. The molecule has 1 aliphatic heterocycles. The first-order valence-corrected chi connectivity index (χ1v) is 7.69. The number of hydrogen-bond donors (Lipinski definition) is 1. The van der Waals surface area contributed by atoms with E-state index >= 15 is 0 Å². The predicted molar refractivity (Wildman–Crippen MR) is 80.8 cm³/mol. The fourth-order valence-corrected chi connectivity index (χ4v) is 3.27. The molecule has 3 heterocycles. The summed E-state index contributed by atoms with van der Waals surface area (Å²) in [6, 6.07) is 7.84. The van der Waals surface area contributed by atoms with E-state index in [9.17, 15) is 4.79 Å². The third kappa shape index (κ3) is 2.99. The number of nitrogens with zero attached hydrogens (tertiary/aromatic N) is 2. The summed E-state index contributed by atoms with van der Waals surface area (Å²) in [5.74, 6) is 1.03. The van der Waals surface area contributed by atoms with Crippen LogP contribution in [-0.2, 0) is 17.8 Å². The minimum Gasteiger partial charge on any atom is -0.370 e. The number of aromatic nitrogens is 1. The number of anilines is 1. The maximum absolute atomic E-state index is 12.2. The molecule has 0 bridgehead atoms. The summed E-state index contributed by atoms with van der Waals surface area (Å²) in [6.45, 7) is 2.24. The summed E-state index contributed by atoms with van der Waals surface area (Å²) in [5.41, 5.74) is 1.31. The lowest BCUT2D eigenvalue weighted by atomic mass is 10.1. The van der Waals surface area contributed by atoms with E-state index in [2.05, 4.69) is 21.7 Å². The van der Waals surface area contributed by atoms with Gasteiger partial charge in [-0.1, -0.05) is 6.07 Å². The first kappa shape index (κ1) is 13.1. The summed E-state index contributed by atoms with van der Waals surface area (Å²) in [5, 5.41) is 5.28. The van der Waals surface area contributed by atoms with Gasteiger partial charge in [0.25, 0.3) is 0 Å². The van der Waals surface area contributed by atoms with Gasteiger partial charge in [-0.2, -0.15) is 0 Å². The number of fused-ring (bicyclic) bond motifs is 1. The van der Waals surface area contributed by atoms with Crippen molar-refractivity contribution in [3.63, 3.8) is 0 Å². The lowest BCUT2D eigenvalue weighted by molar-refractivity contribution is -0.131. The lowest BCUT2D eigenvalue weighted by Crippen LogP contribution is -2.36. The molecule has 5 heteroatoms. The third-order valence-corrected chi connectivity index (χ3v) is 4.49. The highest BCUT2D eigenvalue weighted by molar-refractivity contribution is 7.10. The average molecular weight is 287 g/mol. The Morgan fingerprint density at radius 1 is 1.40 bits per heavy atom. The van der Waals surface area contributed by atoms with Crippen LogP contribution in [0.1, 0.15) is 16.9 Å². The molecule has 0 fully saturated rings. The number of amides is 1. The predicted octanol–water partition coefficient (Wildman–Crippen LogP) is 2.53. The highest BCUT2D eigenvalue weighted by atomic mass is 32.1. The second kappa shape index (κ2) is 6.05. The van der Waals surface area contributed by atoms with Crippen LogP contribution in [0.3, 0.4) is 0 Å². The zero-order chi connectivity index (χ0) is 13.8. The molecule has 4 nitrogen and oxygen atoms in total. The van der Waals surface area contributed by atoms with Gasteiger partial charge in [0.1, 0.15) is 5.82 Å². The molecule has 0 aliphatic carbocycles. The zero-order valence-corrected chi connectivity index (χ0v) is 12.0. The molecule has 0 atom stereocenters. The van der Waals surface area contributed by atoms with Crippen molar-refractivity contribution in [2.75, 3.05) is 18.4 Å². The summed E-state index contributed by atoms with van der Waals surface area (Å²) in [4.78, 5) is 19.7. The highest BCUT2D eigenvalue weighted by Crippen LogP contribution is 2.24. The van der Waals surface area contributed by atoms with Crippen LogP contribution in [0.4, 0.5) is 5.82 Å². The molecule has 0 saturated heterocycles. The van der Waals surface area contributed by atoms with Crippen molar-refractivity contribution in [3.05, 3.63) is 46.3 Å². The summed E-state index contributed by atoms with van der Waals surface area (Å²) in [7, 11) is 0. The van der Waals surface area contributed by atoms with Crippen LogP contribution in [0, 0.1) is 0 Å². The Balaban J connectivity index is 1.48. The molecule has 2 aromatic rings. The van der Waals surface area contributed by atoms with E-state index in [0.717, 1.165) is 25.3 Å². The molecular weight excluding hydrogens is 270 g/mol. The van der Waals surface area contributed by atoms with Crippen molar-refractivity contribution >= 4 is 23.1 Å². The van der Waals surface area contributed by atoms with Gasteiger partial charge < -0.3 is 10.2 Å². The molecule has 1 N–H and O–H groups in total. The highest BCUT2D eigenvalue weighted by Gasteiger charge is 2.20. The average Bonchev–Trinajstić information content (AvgIpc) is 2.95.